The minimum atomic E-state index is 0.129. The number of methoxy groups -OCH3 is 1. The second-order valence-electron chi connectivity index (χ2n) is 6.81. The van der Waals surface area contributed by atoms with Crippen molar-refractivity contribution in [2.45, 2.75) is 39.5 Å². The van der Waals surface area contributed by atoms with Crippen LogP contribution in [0.3, 0.4) is 0 Å². The average molecular weight is 358 g/mol. The van der Waals surface area contributed by atoms with E-state index >= 15 is 0 Å². The second kappa shape index (κ2) is 8.54. The number of rotatable bonds is 7. The molecule has 6 heteroatoms. The largest absolute Gasteiger partial charge is 0.383 e. The molecule has 1 saturated heterocycles. The number of likely N-dealkylation sites (tertiary alicyclic amines) is 1. The molecular formula is C20H30N4O2. The van der Waals surface area contributed by atoms with Crippen molar-refractivity contribution in [3.05, 3.63) is 29.6 Å². The number of pyridine rings is 1. The summed E-state index contributed by atoms with van der Waals surface area (Å²) < 4.78 is 7.35. The molecule has 3 rings (SSSR count). The van der Waals surface area contributed by atoms with E-state index in [1.807, 2.05) is 23.2 Å². The third kappa shape index (κ3) is 3.70. The Morgan fingerprint density at radius 3 is 2.65 bits per heavy atom. The number of imidazole rings is 1. The Morgan fingerprint density at radius 1 is 1.23 bits per heavy atom. The summed E-state index contributed by atoms with van der Waals surface area (Å²) in [5.74, 6) is 1.21. The van der Waals surface area contributed by atoms with Gasteiger partial charge in [0.05, 0.1) is 17.9 Å². The third-order valence-electron chi connectivity index (χ3n) is 5.13. The Labute approximate surface area is 155 Å². The first-order chi connectivity index (χ1) is 12.7. The molecule has 0 spiro atoms. The van der Waals surface area contributed by atoms with Crippen molar-refractivity contribution in [2.75, 3.05) is 44.8 Å². The van der Waals surface area contributed by atoms with Gasteiger partial charge in [-0.3, -0.25) is 9.20 Å². The monoisotopic (exact) mass is 358 g/mol. The van der Waals surface area contributed by atoms with Crippen LogP contribution in [-0.2, 0) is 11.2 Å². The number of anilines is 1. The molecule has 142 valence electrons. The Hall–Kier alpha value is -2.08. The molecule has 1 aliphatic rings. The molecule has 3 heterocycles. The summed E-state index contributed by atoms with van der Waals surface area (Å²) >= 11 is 0. The maximum Gasteiger partial charge on any atom is 0.255 e. The van der Waals surface area contributed by atoms with Crippen LogP contribution in [0.5, 0.6) is 0 Å². The van der Waals surface area contributed by atoms with E-state index in [1.165, 1.54) is 6.42 Å². The van der Waals surface area contributed by atoms with Crippen LogP contribution in [0.4, 0.5) is 5.82 Å². The zero-order valence-corrected chi connectivity index (χ0v) is 16.2. The van der Waals surface area contributed by atoms with E-state index in [0.29, 0.717) is 6.61 Å². The van der Waals surface area contributed by atoms with Crippen LogP contribution in [0, 0.1) is 0 Å². The standard InChI is InChI=1S/C20H30N4O2/c1-4-17-19(22(5-2)13-14-26-3)24-15-16(9-10-18(24)21-17)20(25)23-11-7-6-8-12-23/h9-10,15H,4-8,11-14H2,1-3H3. The average Bonchev–Trinajstić information content (AvgIpc) is 3.06. The fourth-order valence-electron chi connectivity index (χ4n) is 3.67. The van der Waals surface area contributed by atoms with Gasteiger partial charge < -0.3 is 14.5 Å². The Morgan fingerprint density at radius 2 is 2.00 bits per heavy atom. The van der Waals surface area contributed by atoms with Crippen molar-refractivity contribution < 1.29 is 9.53 Å². The van der Waals surface area contributed by atoms with Crippen LogP contribution in [0.25, 0.3) is 5.65 Å². The predicted molar refractivity (Wildman–Crippen MR) is 104 cm³/mol. The number of carbonyl (C=O) groups is 1. The van der Waals surface area contributed by atoms with Gasteiger partial charge in [-0.1, -0.05) is 6.92 Å². The highest BCUT2D eigenvalue weighted by molar-refractivity contribution is 5.94. The SMILES string of the molecule is CCc1nc2ccc(C(=O)N3CCCCC3)cn2c1N(CC)CCOC. The smallest absolute Gasteiger partial charge is 0.255 e. The number of hydrogen-bond acceptors (Lipinski definition) is 4. The number of carbonyl (C=O) groups excluding carboxylic acids is 1. The first kappa shape index (κ1) is 18.7. The van der Waals surface area contributed by atoms with Gasteiger partial charge in [-0.25, -0.2) is 4.98 Å². The quantitative estimate of drug-likeness (QED) is 0.763. The Balaban J connectivity index is 1.98. The number of likely N-dealkylation sites (N-methyl/N-ethyl adjacent to an activating group) is 1. The van der Waals surface area contributed by atoms with Crippen molar-refractivity contribution in [1.82, 2.24) is 14.3 Å². The topological polar surface area (TPSA) is 50.1 Å². The van der Waals surface area contributed by atoms with Crippen LogP contribution >= 0.6 is 0 Å². The molecule has 26 heavy (non-hydrogen) atoms. The maximum absolute atomic E-state index is 12.9. The fraction of sp³-hybridized carbons (Fsp3) is 0.600. The van der Waals surface area contributed by atoms with Gasteiger partial charge in [0.15, 0.2) is 0 Å². The van der Waals surface area contributed by atoms with Gasteiger partial charge in [-0.2, -0.15) is 0 Å². The summed E-state index contributed by atoms with van der Waals surface area (Å²) in [6, 6.07) is 3.87. The number of ether oxygens (including phenoxy) is 1. The van der Waals surface area contributed by atoms with Crippen LogP contribution < -0.4 is 4.90 Å². The Bertz CT molecular complexity index is 750. The fourth-order valence-corrected chi connectivity index (χ4v) is 3.67. The third-order valence-corrected chi connectivity index (χ3v) is 5.13. The number of aromatic nitrogens is 2. The lowest BCUT2D eigenvalue weighted by atomic mass is 10.1. The van der Waals surface area contributed by atoms with Gasteiger partial charge >= 0.3 is 0 Å². The molecule has 0 saturated carbocycles. The molecule has 0 aliphatic carbocycles. The summed E-state index contributed by atoms with van der Waals surface area (Å²) in [6.45, 7) is 8.32. The molecule has 0 bridgehead atoms. The van der Waals surface area contributed by atoms with Crippen molar-refractivity contribution in [1.29, 1.82) is 0 Å². The van der Waals surface area contributed by atoms with Crippen molar-refractivity contribution >= 4 is 17.4 Å². The van der Waals surface area contributed by atoms with Gasteiger partial charge in [0.1, 0.15) is 11.5 Å². The highest BCUT2D eigenvalue weighted by Gasteiger charge is 2.21. The van der Waals surface area contributed by atoms with Crippen molar-refractivity contribution in [3.63, 3.8) is 0 Å². The van der Waals surface area contributed by atoms with Crippen molar-refractivity contribution in [3.8, 4) is 0 Å². The zero-order valence-electron chi connectivity index (χ0n) is 16.2. The van der Waals surface area contributed by atoms with Gasteiger partial charge in [-0.05, 0) is 44.7 Å². The molecule has 2 aromatic heterocycles. The molecule has 0 radical (unpaired) electrons. The number of nitrogens with zero attached hydrogens (tertiary/aromatic N) is 4. The molecule has 1 fully saturated rings. The molecular weight excluding hydrogens is 328 g/mol. The lowest BCUT2D eigenvalue weighted by Gasteiger charge is -2.27. The molecule has 1 amide bonds. The van der Waals surface area contributed by atoms with Crippen LogP contribution in [0.2, 0.25) is 0 Å². The van der Waals surface area contributed by atoms with Crippen molar-refractivity contribution in [2.24, 2.45) is 0 Å². The zero-order chi connectivity index (χ0) is 18.5. The van der Waals surface area contributed by atoms with Crippen LogP contribution in [0.15, 0.2) is 18.3 Å². The molecule has 6 nitrogen and oxygen atoms in total. The summed E-state index contributed by atoms with van der Waals surface area (Å²) in [7, 11) is 1.72. The number of hydrogen-bond donors (Lipinski definition) is 0. The van der Waals surface area contributed by atoms with Crippen LogP contribution in [-0.4, -0.2) is 60.1 Å². The van der Waals surface area contributed by atoms with E-state index in [2.05, 4.69) is 23.1 Å². The summed E-state index contributed by atoms with van der Waals surface area (Å²) in [5.41, 5.74) is 2.69. The molecule has 0 unspecified atom stereocenters. The van der Waals surface area contributed by atoms with E-state index < -0.39 is 0 Å². The minimum Gasteiger partial charge on any atom is -0.383 e. The lowest BCUT2D eigenvalue weighted by Crippen LogP contribution is -2.35. The molecule has 1 aliphatic heterocycles. The van der Waals surface area contributed by atoms with Gasteiger partial charge in [-0.15, -0.1) is 0 Å². The minimum absolute atomic E-state index is 0.129. The summed E-state index contributed by atoms with van der Waals surface area (Å²) in [6.07, 6.45) is 6.24. The maximum atomic E-state index is 12.9. The first-order valence-electron chi connectivity index (χ1n) is 9.73. The number of piperidine rings is 1. The highest BCUT2D eigenvalue weighted by Crippen LogP contribution is 2.24. The van der Waals surface area contributed by atoms with E-state index in [4.69, 9.17) is 9.72 Å². The molecule has 2 aromatic rings. The van der Waals surface area contributed by atoms with Crippen LogP contribution in [0.1, 0.15) is 49.2 Å². The lowest BCUT2D eigenvalue weighted by molar-refractivity contribution is 0.0724. The van der Waals surface area contributed by atoms with E-state index in [-0.39, 0.29) is 5.91 Å². The van der Waals surface area contributed by atoms with E-state index in [1.54, 1.807) is 7.11 Å². The van der Waals surface area contributed by atoms with Gasteiger partial charge in [0, 0.05) is 39.5 Å². The second-order valence-corrected chi connectivity index (χ2v) is 6.81. The molecule has 0 N–H and O–H groups in total. The molecule has 0 aromatic carbocycles. The van der Waals surface area contributed by atoms with Gasteiger partial charge in [0.2, 0.25) is 0 Å². The Kier molecular flexibility index (Phi) is 6.14. The van der Waals surface area contributed by atoms with E-state index in [9.17, 15) is 4.79 Å². The summed E-state index contributed by atoms with van der Waals surface area (Å²) in [5, 5.41) is 0. The number of amides is 1. The van der Waals surface area contributed by atoms with E-state index in [0.717, 1.165) is 68.2 Å². The normalized spacial score (nSPS) is 14.8. The highest BCUT2D eigenvalue weighted by atomic mass is 16.5. The number of aryl methyl sites for hydroxylation is 1. The van der Waals surface area contributed by atoms with Gasteiger partial charge in [0.25, 0.3) is 5.91 Å². The molecule has 0 atom stereocenters. The predicted octanol–water partition coefficient (Wildman–Crippen LogP) is 3.00. The number of fused-ring (bicyclic) bond motifs is 1. The summed E-state index contributed by atoms with van der Waals surface area (Å²) in [4.78, 5) is 21.9. The first-order valence-corrected chi connectivity index (χ1v) is 9.73.